The smallest absolute Gasteiger partial charge is 0.234 e. The molecule has 1 fully saturated rings. The van der Waals surface area contributed by atoms with Crippen LogP contribution >= 0.6 is 11.8 Å². The number of nitrogens with zero attached hydrogens (tertiary/aromatic N) is 2. The Morgan fingerprint density at radius 3 is 2.91 bits per heavy atom. The van der Waals surface area contributed by atoms with Crippen molar-refractivity contribution in [2.45, 2.75) is 50.6 Å². The highest BCUT2D eigenvalue weighted by Gasteiger charge is 2.27. The second-order valence-corrected chi connectivity index (χ2v) is 7.25. The van der Waals surface area contributed by atoms with Crippen molar-refractivity contribution in [3.63, 3.8) is 0 Å². The Balaban J connectivity index is 1.60. The Bertz CT molecular complexity index is 706. The van der Waals surface area contributed by atoms with E-state index >= 15 is 0 Å². The normalized spacial score (nSPS) is 14.3. The summed E-state index contributed by atoms with van der Waals surface area (Å²) in [6, 6.07) is 6.12. The van der Waals surface area contributed by atoms with E-state index in [0.29, 0.717) is 22.7 Å². The summed E-state index contributed by atoms with van der Waals surface area (Å²) < 4.78 is 0. The number of rotatable bonds is 6. The molecule has 1 amide bonds. The second-order valence-electron chi connectivity index (χ2n) is 6.31. The minimum atomic E-state index is -0.0241. The lowest BCUT2D eigenvalue weighted by molar-refractivity contribution is -0.113. The van der Waals surface area contributed by atoms with Crippen molar-refractivity contribution >= 4 is 23.4 Å². The van der Waals surface area contributed by atoms with Gasteiger partial charge in [0.1, 0.15) is 5.82 Å². The highest BCUT2D eigenvalue weighted by atomic mass is 32.2. The van der Waals surface area contributed by atoms with Gasteiger partial charge in [0.05, 0.1) is 5.75 Å². The van der Waals surface area contributed by atoms with Gasteiger partial charge in [-0.05, 0) is 36.8 Å². The van der Waals surface area contributed by atoms with Crippen molar-refractivity contribution < 1.29 is 4.79 Å². The molecule has 0 saturated heterocycles. The number of para-hydroxylation sites is 1. The molecule has 1 aliphatic rings. The van der Waals surface area contributed by atoms with Crippen LogP contribution in [-0.4, -0.2) is 26.8 Å². The van der Waals surface area contributed by atoms with Gasteiger partial charge in [-0.25, -0.2) is 4.98 Å². The number of aryl methyl sites for hydroxylation is 1. The maximum absolute atomic E-state index is 12.3. The first-order valence-corrected chi connectivity index (χ1v) is 8.97. The maximum atomic E-state index is 12.3. The third kappa shape index (κ3) is 3.93. The minimum absolute atomic E-state index is 0.0241. The van der Waals surface area contributed by atoms with Gasteiger partial charge >= 0.3 is 0 Å². The molecule has 1 saturated carbocycles. The molecular formula is C17H22N4OS. The van der Waals surface area contributed by atoms with E-state index in [4.69, 9.17) is 0 Å². The maximum Gasteiger partial charge on any atom is 0.234 e. The van der Waals surface area contributed by atoms with Gasteiger partial charge in [-0.15, -0.1) is 5.10 Å². The van der Waals surface area contributed by atoms with Gasteiger partial charge < -0.3 is 5.32 Å². The zero-order valence-electron chi connectivity index (χ0n) is 13.7. The lowest BCUT2D eigenvalue weighted by atomic mass is 9.98. The monoisotopic (exact) mass is 330 g/mol. The zero-order chi connectivity index (χ0) is 16.4. The summed E-state index contributed by atoms with van der Waals surface area (Å²) in [6.45, 7) is 6.28. The summed E-state index contributed by atoms with van der Waals surface area (Å²) in [6.07, 6.45) is 2.37. The van der Waals surface area contributed by atoms with Crippen LogP contribution in [0.3, 0.4) is 0 Å². The lowest BCUT2D eigenvalue weighted by Gasteiger charge is -2.16. The van der Waals surface area contributed by atoms with Crippen LogP contribution in [0, 0.1) is 6.92 Å². The van der Waals surface area contributed by atoms with Gasteiger partial charge in [-0.1, -0.05) is 43.8 Å². The number of benzene rings is 1. The molecule has 0 bridgehead atoms. The van der Waals surface area contributed by atoms with Crippen LogP contribution in [-0.2, 0) is 4.79 Å². The van der Waals surface area contributed by atoms with Crippen molar-refractivity contribution in [3.8, 4) is 0 Å². The third-order valence-electron chi connectivity index (χ3n) is 3.97. The molecule has 3 rings (SSSR count). The number of amides is 1. The summed E-state index contributed by atoms with van der Waals surface area (Å²) in [5.74, 6) is 2.16. The molecule has 0 radical (unpaired) electrons. The number of aromatic amines is 1. The molecule has 0 atom stereocenters. The van der Waals surface area contributed by atoms with E-state index in [1.54, 1.807) is 0 Å². The summed E-state index contributed by atoms with van der Waals surface area (Å²) in [5.41, 5.74) is 3.18. The van der Waals surface area contributed by atoms with E-state index in [-0.39, 0.29) is 5.91 Å². The first-order chi connectivity index (χ1) is 11.0. The number of thioether (sulfide) groups is 1. The topological polar surface area (TPSA) is 70.7 Å². The predicted octanol–water partition coefficient (Wildman–Crippen LogP) is 3.84. The molecule has 0 spiro atoms. The number of H-pyrrole nitrogens is 1. The highest BCUT2D eigenvalue weighted by Crippen LogP contribution is 2.38. The molecule has 1 heterocycles. The standard InChI is InChI=1S/C17H22N4OS/c1-10(2)13-6-4-5-11(3)15(13)18-14(22)9-23-17-19-16(20-21-17)12-7-8-12/h4-6,10,12H,7-9H2,1-3H3,(H,18,22)(H,19,20,21). The first-order valence-electron chi connectivity index (χ1n) is 7.99. The zero-order valence-corrected chi connectivity index (χ0v) is 14.5. The molecule has 1 aliphatic carbocycles. The van der Waals surface area contributed by atoms with E-state index in [0.717, 1.165) is 22.6 Å². The first kappa shape index (κ1) is 16.1. The molecule has 122 valence electrons. The predicted molar refractivity (Wildman–Crippen MR) is 93.0 cm³/mol. The molecule has 2 aromatic rings. The molecule has 1 aromatic heterocycles. The summed E-state index contributed by atoms with van der Waals surface area (Å²) in [5, 5.41) is 10.8. The minimum Gasteiger partial charge on any atom is -0.325 e. The van der Waals surface area contributed by atoms with Crippen molar-refractivity contribution in [1.82, 2.24) is 15.2 Å². The van der Waals surface area contributed by atoms with Gasteiger partial charge in [0, 0.05) is 11.6 Å². The Hall–Kier alpha value is -1.82. The molecule has 2 N–H and O–H groups in total. The van der Waals surface area contributed by atoms with E-state index in [1.165, 1.54) is 24.6 Å². The lowest BCUT2D eigenvalue weighted by Crippen LogP contribution is -2.16. The van der Waals surface area contributed by atoms with Crippen LogP contribution in [0.15, 0.2) is 23.4 Å². The summed E-state index contributed by atoms with van der Waals surface area (Å²) >= 11 is 1.37. The Morgan fingerprint density at radius 2 is 2.22 bits per heavy atom. The fourth-order valence-electron chi connectivity index (χ4n) is 2.51. The molecule has 5 nitrogen and oxygen atoms in total. The molecule has 0 unspecified atom stereocenters. The van der Waals surface area contributed by atoms with Gasteiger partial charge in [0.25, 0.3) is 0 Å². The second kappa shape index (κ2) is 6.74. The number of hydrogen-bond acceptors (Lipinski definition) is 4. The highest BCUT2D eigenvalue weighted by molar-refractivity contribution is 7.99. The average molecular weight is 330 g/mol. The number of nitrogens with one attached hydrogen (secondary N) is 2. The van der Waals surface area contributed by atoms with Gasteiger partial charge in [0.2, 0.25) is 11.1 Å². The molecule has 23 heavy (non-hydrogen) atoms. The number of carbonyl (C=O) groups is 1. The Morgan fingerprint density at radius 1 is 1.43 bits per heavy atom. The van der Waals surface area contributed by atoms with E-state index in [2.05, 4.69) is 40.4 Å². The molecule has 6 heteroatoms. The molecule has 0 aliphatic heterocycles. The van der Waals surface area contributed by atoms with Crippen molar-refractivity contribution in [1.29, 1.82) is 0 Å². The summed E-state index contributed by atoms with van der Waals surface area (Å²) in [7, 11) is 0. The van der Waals surface area contributed by atoms with Crippen molar-refractivity contribution in [2.75, 3.05) is 11.1 Å². The van der Waals surface area contributed by atoms with Gasteiger partial charge in [-0.3, -0.25) is 9.89 Å². The SMILES string of the molecule is Cc1cccc(C(C)C)c1NC(=O)CSc1n[nH]c(C2CC2)n1. The Labute approximate surface area is 140 Å². The quantitative estimate of drug-likeness (QED) is 0.789. The number of anilines is 1. The van der Waals surface area contributed by atoms with Crippen LogP contribution in [0.25, 0.3) is 0 Å². The fraction of sp³-hybridized carbons (Fsp3) is 0.471. The number of hydrogen-bond donors (Lipinski definition) is 2. The van der Waals surface area contributed by atoms with E-state index in [1.807, 2.05) is 19.1 Å². The third-order valence-corrected chi connectivity index (χ3v) is 4.82. The fourth-order valence-corrected chi connectivity index (χ4v) is 3.12. The van der Waals surface area contributed by atoms with Crippen LogP contribution in [0.4, 0.5) is 5.69 Å². The van der Waals surface area contributed by atoms with Crippen LogP contribution in [0.5, 0.6) is 0 Å². The number of aromatic nitrogens is 3. The van der Waals surface area contributed by atoms with Crippen LogP contribution in [0.1, 0.15) is 55.5 Å². The van der Waals surface area contributed by atoms with Gasteiger partial charge in [0.15, 0.2) is 0 Å². The molecular weight excluding hydrogens is 308 g/mol. The van der Waals surface area contributed by atoms with E-state index in [9.17, 15) is 4.79 Å². The summed E-state index contributed by atoms with van der Waals surface area (Å²) in [4.78, 5) is 16.7. The average Bonchev–Trinajstić information content (AvgIpc) is 3.26. The van der Waals surface area contributed by atoms with Crippen LogP contribution < -0.4 is 5.32 Å². The van der Waals surface area contributed by atoms with E-state index < -0.39 is 0 Å². The van der Waals surface area contributed by atoms with Crippen molar-refractivity contribution in [2.24, 2.45) is 0 Å². The largest absolute Gasteiger partial charge is 0.325 e. The van der Waals surface area contributed by atoms with Gasteiger partial charge in [-0.2, -0.15) is 0 Å². The molecule has 1 aromatic carbocycles. The Kier molecular flexibility index (Phi) is 4.71. The van der Waals surface area contributed by atoms with Crippen molar-refractivity contribution in [3.05, 3.63) is 35.2 Å². The van der Waals surface area contributed by atoms with Crippen LogP contribution in [0.2, 0.25) is 0 Å². The number of carbonyl (C=O) groups excluding carboxylic acids is 1.